The van der Waals surface area contributed by atoms with Crippen LogP contribution in [-0.4, -0.2) is 6.04 Å². The van der Waals surface area contributed by atoms with Gasteiger partial charge in [-0.3, -0.25) is 0 Å². The number of hydrogen-bond donors (Lipinski definition) is 1. The van der Waals surface area contributed by atoms with Gasteiger partial charge in [-0.05, 0) is 38.5 Å². The molecule has 0 bridgehead atoms. The van der Waals surface area contributed by atoms with Crippen LogP contribution in [0.4, 0.5) is 0 Å². The highest BCUT2D eigenvalue weighted by atomic mass is 14.6. The van der Waals surface area contributed by atoms with Crippen LogP contribution in [0.25, 0.3) is 0 Å². The van der Waals surface area contributed by atoms with Gasteiger partial charge in [-0.15, -0.1) is 0 Å². The summed E-state index contributed by atoms with van der Waals surface area (Å²) in [6.07, 6.45) is 13.3. The van der Waals surface area contributed by atoms with Crippen molar-refractivity contribution in [3.8, 4) is 0 Å². The van der Waals surface area contributed by atoms with Crippen LogP contribution in [0.3, 0.4) is 0 Å². The maximum atomic E-state index is 5.93. The van der Waals surface area contributed by atoms with Crippen LogP contribution < -0.4 is 5.73 Å². The molecule has 0 aliphatic rings. The zero-order valence-corrected chi connectivity index (χ0v) is 14.0. The highest BCUT2D eigenvalue weighted by Crippen LogP contribution is 2.20. The van der Waals surface area contributed by atoms with E-state index in [1.165, 1.54) is 56.9 Å². The Balaban J connectivity index is 3.67. The van der Waals surface area contributed by atoms with Crippen molar-refractivity contribution in [2.24, 2.45) is 17.6 Å². The first-order chi connectivity index (χ1) is 9.02. The fourth-order valence-corrected chi connectivity index (χ4v) is 2.65. The minimum Gasteiger partial charge on any atom is -0.327 e. The number of rotatable bonds is 11. The van der Waals surface area contributed by atoms with Crippen molar-refractivity contribution in [3.05, 3.63) is 11.6 Å². The van der Waals surface area contributed by atoms with E-state index in [0.717, 1.165) is 5.92 Å². The van der Waals surface area contributed by atoms with Crippen LogP contribution in [-0.2, 0) is 0 Å². The molecule has 0 aromatic rings. The molecule has 3 atom stereocenters. The summed E-state index contributed by atoms with van der Waals surface area (Å²) in [6.45, 7) is 11.2. The van der Waals surface area contributed by atoms with Gasteiger partial charge in [0, 0.05) is 6.04 Å². The van der Waals surface area contributed by atoms with Crippen LogP contribution in [0.5, 0.6) is 0 Å². The first-order valence-electron chi connectivity index (χ1n) is 8.45. The molecule has 114 valence electrons. The summed E-state index contributed by atoms with van der Waals surface area (Å²) in [4.78, 5) is 0. The molecule has 1 heteroatoms. The van der Waals surface area contributed by atoms with Crippen molar-refractivity contribution in [3.63, 3.8) is 0 Å². The van der Waals surface area contributed by atoms with E-state index in [2.05, 4.69) is 40.7 Å². The molecule has 0 aliphatic carbocycles. The fraction of sp³-hybridized carbons (Fsp3) is 0.889. The summed E-state index contributed by atoms with van der Waals surface area (Å²) in [7, 11) is 0. The first kappa shape index (κ1) is 18.7. The lowest BCUT2D eigenvalue weighted by Crippen LogP contribution is -2.24. The van der Waals surface area contributed by atoms with Crippen LogP contribution in [0.15, 0.2) is 11.6 Å². The maximum Gasteiger partial charge on any atom is 0.00733 e. The molecule has 1 nitrogen and oxygen atoms in total. The molecule has 0 spiro atoms. The summed E-state index contributed by atoms with van der Waals surface area (Å²) >= 11 is 0. The van der Waals surface area contributed by atoms with Gasteiger partial charge in [0.25, 0.3) is 0 Å². The fourth-order valence-electron chi connectivity index (χ4n) is 2.65. The number of allylic oxidation sites excluding steroid dienone is 1. The summed E-state index contributed by atoms with van der Waals surface area (Å²) in [6, 6.07) is 0.274. The van der Waals surface area contributed by atoms with Crippen molar-refractivity contribution in [1.82, 2.24) is 0 Å². The highest BCUT2D eigenvalue weighted by molar-refractivity contribution is 5.04. The molecular weight excluding hydrogens is 230 g/mol. The second kappa shape index (κ2) is 11.5. The SMILES string of the molecule is CCCC(CC)CCCCCC=C(C)C(C)C(C)N. The average molecular weight is 268 g/mol. The number of nitrogens with two attached hydrogens (primary N) is 1. The molecule has 0 aliphatic heterocycles. The van der Waals surface area contributed by atoms with E-state index in [4.69, 9.17) is 5.73 Å². The molecule has 3 unspecified atom stereocenters. The Morgan fingerprint density at radius 3 is 2.26 bits per heavy atom. The van der Waals surface area contributed by atoms with Gasteiger partial charge in [0.15, 0.2) is 0 Å². The van der Waals surface area contributed by atoms with Crippen molar-refractivity contribution >= 4 is 0 Å². The second-order valence-electron chi connectivity index (χ2n) is 6.30. The summed E-state index contributed by atoms with van der Waals surface area (Å²) in [5.41, 5.74) is 7.39. The molecule has 0 aromatic carbocycles. The smallest absolute Gasteiger partial charge is 0.00733 e. The average Bonchev–Trinajstić information content (AvgIpc) is 2.39. The monoisotopic (exact) mass is 267 g/mol. The minimum absolute atomic E-state index is 0.274. The van der Waals surface area contributed by atoms with Crippen LogP contribution in [0.1, 0.15) is 86.0 Å². The molecule has 0 heterocycles. The standard InChI is InChI=1S/C18H37N/c1-6-12-18(7-2)14-11-9-8-10-13-15(3)16(4)17(5)19/h13,16-18H,6-12,14,19H2,1-5H3. The minimum atomic E-state index is 0.274. The zero-order chi connectivity index (χ0) is 14.7. The molecule has 0 saturated heterocycles. The van der Waals surface area contributed by atoms with Gasteiger partial charge < -0.3 is 5.73 Å². The van der Waals surface area contributed by atoms with Crippen molar-refractivity contribution < 1.29 is 0 Å². The summed E-state index contributed by atoms with van der Waals surface area (Å²) in [5.74, 6) is 1.49. The Kier molecular flexibility index (Phi) is 11.3. The van der Waals surface area contributed by atoms with E-state index in [9.17, 15) is 0 Å². The third kappa shape index (κ3) is 9.27. The molecule has 19 heavy (non-hydrogen) atoms. The lowest BCUT2D eigenvalue weighted by Gasteiger charge is -2.16. The largest absolute Gasteiger partial charge is 0.327 e. The Morgan fingerprint density at radius 2 is 1.74 bits per heavy atom. The highest BCUT2D eigenvalue weighted by Gasteiger charge is 2.08. The van der Waals surface area contributed by atoms with Crippen molar-refractivity contribution in [2.45, 2.75) is 92.0 Å². The molecule has 0 saturated carbocycles. The van der Waals surface area contributed by atoms with Crippen molar-refractivity contribution in [1.29, 1.82) is 0 Å². The summed E-state index contributed by atoms with van der Waals surface area (Å²) in [5, 5.41) is 0. The Labute approximate surface area is 122 Å². The van der Waals surface area contributed by atoms with Crippen LogP contribution >= 0.6 is 0 Å². The van der Waals surface area contributed by atoms with E-state index in [-0.39, 0.29) is 6.04 Å². The Hall–Kier alpha value is -0.300. The van der Waals surface area contributed by atoms with Gasteiger partial charge in [-0.1, -0.05) is 70.9 Å². The van der Waals surface area contributed by atoms with E-state index in [0.29, 0.717) is 5.92 Å². The normalized spacial score (nSPS) is 17.3. The third-order valence-corrected chi connectivity index (χ3v) is 4.56. The predicted molar refractivity (Wildman–Crippen MR) is 88.3 cm³/mol. The molecule has 0 rings (SSSR count). The van der Waals surface area contributed by atoms with Crippen molar-refractivity contribution in [2.75, 3.05) is 0 Å². The van der Waals surface area contributed by atoms with Gasteiger partial charge in [0.2, 0.25) is 0 Å². The van der Waals surface area contributed by atoms with Gasteiger partial charge in [0.05, 0.1) is 0 Å². The van der Waals surface area contributed by atoms with Gasteiger partial charge in [-0.25, -0.2) is 0 Å². The zero-order valence-electron chi connectivity index (χ0n) is 14.0. The second-order valence-corrected chi connectivity index (χ2v) is 6.30. The molecule has 0 aromatic heterocycles. The van der Waals surface area contributed by atoms with E-state index >= 15 is 0 Å². The van der Waals surface area contributed by atoms with Gasteiger partial charge >= 0.3 is 0 Å². The number of unbranched alkanes of at least 4 members (excludes halogenated alkanes) is 3. The van der Waals surface area contributed by atoms with Crippen LogP contribution in [0.2, 0.25) is 0 Å². The molecule has 0 amide bonds. The number of hydrogen-bond acceptors (Lipinski definition) is 1. The maximum absolute atomic E-state index is 5.93. The van der Waals surface area contributed by atoms with E-state index in [1.807, 2.05) is 0 Å². The van der Waals surface area contributed by atoms with Gasteiger partial charge in [-0.2, -0.15) is 0 Å². The lowest BCUT2D eigenvalue weighted by atomic mass is 9.93. The molecule has 0 radical (unpaired) electrons. The molecular formula is C18H37N. The van der Waals surface area contributed by atoms with E-state index < -0.39 is 0 Å². The topological polar surface area (TPSA) is 26.0 Å². The Morgan fingerprint density at radius 1 is 1.05 bits per heavy atom. The first-order valence-corrected chi connectivity index (χ1v) is 8.45. The predicted octanol–water partition coefficient (Wildman–Crippen LogP) is 5.69. The molecule has 0 fully saturated rings. The van der Waals surface area contributed by atoms with Crippen LogP contribution in [0, 0.1) is 11.8 Å². The molecule has 2 N–H and O–H groups in total. The quantitative estimate of drug-likeness (QED) is 0.377. The van der Waals surface area contributed by atoms with Gasteiger partial charge in [0.1, 0.15) is 0 Å². The van der Waals surface area contributed by atoms with E-state index in [1.54, 1.807) is 0 Å². The lowest BCUT2D eigenvalue weighted by molar-refractivity contribution is 0.411. The third-order valence-electron chi connectivity index (χ3n) is 4.56. The Bertz CT molecular complexity index is 230. The summed E-state index contributed by atoms with van der Waals surface area (Å²) < 4.78 is 0.